The third kappa shape index (κ3) is 74.7. The van der Waals surface area contributed by atoms with Crippen LogP contribution in [0.2, 0.25) is 0 Å². The first-order chi connectivity index (χ1) is 15.9. The molecule has 0 aliphatic rings. The molecule has 0 bridgehead atoms. The van der Waals surface area contributed by atoms with Crippen molar-refractivity contribution < 1.29 is 65.8 Å². The molecule has 3 N–H and O–H groups in total. The van der Waals surface area contributed by atoms with Gasteiger partial charge in [-0.25, -0.2) is 9.13 Å². The van der Waals surface area contributed by atoms with E-state index in [1.165, 1.54) is 0 Å². The SMILES string of the molecule is C.C.C.C.C.C.C.C.C.C.C.C.COCCOC(C)COP(=O)(O)O.COCCOC(C)COP(=O)(O)OCC(C)OCCOC. The van der Waals surface area contributed by atoms with Crippen LogP contribution in [0.4, 0.5) is 0 Å². The van der Waals surface area contributed by atoms with Gasteiger partial charge in [-0.15, -0.1) is 0 Å². The number of phosphoric acid groups is 2. The second kappa shape index (κ2) is 57.3. The van der Waals surface area contributed by atoms with E-state index in [2.05, 4.69) is 4.52 Å². The Balaban J connectivity index is -0.0000000310. The minimum Gasteiger partial charge on any atom is -0.382 e. The maximum Gasteiger partial charge on any atom is 0.472 e. The highest BCUT2D eigenvalue weighted by atomic mass is 31.2. The van der Waals surface area contributed by atoms with E-state index in [-0.39, 0.29) is 127 Å². The first-order valence-electron chi connectivity index (χ1n) is 10.5. The summed E-state index contributed by atoms with van der Waals surface area (Å²) in [4.78, 5) is 26.2. The Kier molecular flexibility index (Phi) is 113. The number of phosphoric ester groups is 2. The van der Waals surface area contributed by atoms with E-state index in [9.17, 15) is 14.0 Å². The van der Waals surface area contributed by atoms with Crippen molar-refractivity contribution in [3.05, 3.63) is 0 Å². The van der Waals surface area contributed by atoms with Gasteiger partial charge in [-0.05, 0) is 20.8 Å². The van der Waals surface area contributed by atoms with Crippen molar-refractivity contribution in [2.24, 2.45) is 0 Å². The molecular formula is C30H90O14P2. The van der Waals surface area contributed by atoms with Gasteiger partial charge in [0.15, 0.2) is 0 Å². The van der Waals surface area contributed by atoms with Crippen molar-refractivity contribution >= 4 is 15.6 Å². The Bertz CT molecular complexity index is 532. The predicted octanol–water partition coefficient (Wildman–Crippen LogP) is 9.00. The van der Waals surface area contributed by atoms with E-state index in [0.29, 0.717) is 39.6 Å². The van der Waals surface area contributed by atoms with Crippen LogP contribution in [-0.4, -0.2) is 114 Å². The Labute approximate surface area is 290 Å². The van der Waals surface area contributed by atoms with Crippen LogP contribution in [0.5, 0.6) is 0 Å². The predicted molar refractivity (Wildman–Crippen MR) is 202 cm³/mol. The molecule has 0 heterocycles. The molecule has 46 heavy (non-hydrogen) atoms. The van der Waals surface area contributed by atoms with Gasteiger partial charge in [-0.3, -0.25) is 13.6 Å². The van der Waals surface area contributed by atoms with Crippen molar-refractivity contribution in [1.29, 1.82) is 0 Å². The first-order valence-corrected chi connectivity index (χ1v) is 13.5. The first kappa shape index (κ1) is 91.0. The molecule has 0 spiro atoms. The van der Waals surface area contributed by atoms with Gasteiger partial charge in [0.05, 0.1) is 77.8 Å². The second-order valence-electron chi connectivity index (χ2n) is 6.87. The lowest BCUT2D eigenvalue weighted by Crippen LogP contribution is -2.20. The Morgan fingerprint density at radius 3 is 0.848 bits per heavy atom. The molecule has 0 aromatic heterocycles. The molecule has 16 heteroatoms. The summed E-state index contributed by atoms with van der Waals surface area (Å²) in [7, 11) is -3.80. The van der Waals surface area contributed by atoms with Gasteiger partial charge >= 0.3 is 15.6 Å². The van der Waals surface area contributed by atoms with E-state index in [1.807, 2.05) is 0 Å². The van der Waals surface area contributed by atoms with E-state index < -0.39 is 15.6 Å². The minimum atomic E-state index is -4.37. The van der Waals surface area contributed by atoms with E-state index in [1.54, 1.807) is 42.1 Å². The molecule has 3 atom stereocenters. The topological polar surface area (TPSA) is 178 Å². The normalized spacial score (nSPS) is 12.0. The highest BCUT2D eigenvalue weighted by molar-refractivity contribution is 7.47. The van der Waals surface area contributed by atoms with Gasteiger partial charge in [-0.2, -0.15) is 0 Å². The molecule has 0 aliphatic carbocycles. The van der Waals surface area contributed by atoms with Crippen molar-refractivity contribution in [2.75, 3.05) is 80.8 Å². The van der Waals surface area contributed by atoms with Crippen molar-refractivity contribution in [1.82, 2.24) is 0 Å². The summed E-state index contributed by atoms with van der Waals surface area (Å²) in [6.45, 7) is 7.40. The molecule has 0 aromatic rings. The Morgan fingerprint density at radius 2 is 0.652 bits per heavy atom. The summed E-state index contributed by atoms with van der Waals surface area (Å²) >= 11 is 0. The van der Waals surface area contributed by atoms with Crippen LogP contribution in [0.15, 0.2) is 0 Å². The molecule has 0 amide bonds. The van der Waals surface area contributed by atoms with Crippen LogP contribution >= 0.6 is 15.6 Å². The van der Waals surface area contributed by atoms with Crippen LogP contribution in [0.1, 0.15) is 110 Å². The Morgan fingerprint density at radius 1 is 0.435 bits per heavy atom. The van der Waals surface area contributed by atoms with Gasteiger partial charge in [0.1, 0.15) is 0 Å². The van der Waals surface area contributed by atoms with Crippen LogP contribution in [0, 0.1) is 0 Å². The average Bonchev–Trinajstić information content (AvgIpc) is 2.76. The molecule has 0 saturated carbocycles. The highest BCUT2D eigenvalue weighted by Crippen LogP contribution is 2.43. The van der Waals surface area contributed by atoms with Gasteiger partial charge in [0, 0.05) is 21.3 Å². The van der Waals surface area contributed by atoms with Crippen LogP contribution in [0.3, 0.4) is 0 Å². The lowest BCUT2D eigenvalue weighted by Gasteiger charge is -2.18. The zero-order chi connectivity index (χ0) is 26.5. The number of hydrogen-bond donors (Lipinski definition) is 3. The lowest BCUT2D eigenvalue weighted by atomic mass is 10.4. The average molecular weight is 737 g/mol. The van der Waals surface area contributed by atoms with Crippen LogP contribution in [0.25, 0.3) is 0 Å². The van der Waals surface area contributed by atoms with Gasteiger partial charge in [0.25, 0.3) is 0 Å². The highest BCUT2D eigenvalue weighted by Gasteiger charge is 2.23. The molecule has 14 nitrogen and oxygen atoms in total. The third-order valence-electron chi connectivity index (χ3n) is 3.49. The molecule has 0 rings (SSSR count). The molecular weight excluding hydrogens is 646 g/mol. The fraction of sp³-hybridized carbons (Fsp3) is 1.00. The molecule has 0 aromatic carbocycles. The van der Waals surface area contributed by atoms with Crippen molar-refractivity contribution in [3.63, 3.8) is 0 Å². The minimum absolute atomic E-state index is 0. The summed E-state index contributed by atoms with van der Waals surface area (Å²) in [5.74, 6) is 0. The second-order valence-corrected chi connectivity index (χ2v) is 9.56. The molecule has 0 aliphatic heterocycles. The largest absolute Gasteiger partial charge is 0.472 e. The monoisotopic (exact) mass is 737 g/mol. The third-order valence-corrected chi connectivity index (χ3v) is 4.93. The quantitative estimate of drug-likeness (QED) is 0.0751. The van der Waals surface area contributed by atoms with Crippen molar-refractivity contribution in [2.45, 2.75) is 128 Å². The maximum atomic E-state index is 11.6. The van der Waals surface area contributed by atoms with Crippen LogP contribution < -0.4 is 0 Å². The Hall–Kier alpha value is -0.0200. The summed E-state index contributed by atoms with van der Waals surface area (Å²) < 4.78 is 65.8. The molecule has 0 radical (unpaired) electrons. The number of ether oxygens (including phenoxy) is 6. The summed E-state index contributed by atoms with van der Waals surface area (Å²) in [6.07, 6.45) is -1.03. The molecule has 0 saturated heterocycles. The molecule has 3 unspecified atom stereocenters. The number of hydrogen-bond acceptors (Lipinski definition) is 11. The van der Waals surface area contributed by atoms with E-state index >= 15 is 0 Å². The van der Waals surface area contributed by atoms with Crippen molar-refractivity contribution in [3.8, 4) is 0 Å². The smallest absolute Gasteiger partial charge is 0.382 e. The summed E-state index contributed by atoms with van der Waals surface area (Å²) in [5.41, 5.74) is 0. The maximum absolute atomic E-state index is 11.6. The molecule has 0 fully saturated rings. The van der Waals surface area contributed by atoms with E-state index in [4.69, 9.17) is 47.3 Å². The van der Waals surface area contributed by atoms with Crippen LogP contribution in [-0.2, 0) is 51.1 Å². The van der Waals surface area contributed by atoms with E-state index in [0.717, 1.165) is 0 Å². The lowest BCUT2D eigenvalue weighted by molar-refractivity contribution is -0.0172. The number of rotatable bonds is 21. The summed E-state index contributed by atoms with van der Waals surface area (Å²) in [5, 5.41) is 0. The molecule has 304 valence electrons. The standard InChI is InChI=1S/C12H27O8P.C6H15O6P.12CH4/c1-11(17-7-5-15-3)9-19-21(13,14)20-10-12(2)18-8-6-16-4;1-6(11-4-3-10-2)5-12-13(7,8)9;;;;;;;;;;;;/h11-12H,5-10H2,1-4H3,(H,13,14);6H,3-5H2,1-2H3,(H2,7,8,9);12*1H4. The fourth-order valence-corrected chi connectivity index (χ4v) is 3.06. The van der Waals surface area contributed by atoms with Gasteiger partial charge < -0.3 is 43.1 Å². The fourth-order valence-electron chi connectivity index (χ4n) is 1.78. The zero-order valence-corrected chi connectivity index (χ0v) is 22.6. The number of methoxy groups -OCH3 is 3. The van der Waals surface area contributed by atoms with Gasteiger partial charge in [-0.1, -0.05) is 89.1 Å². The van der Waals surface area contributed by atoms with Gasteiger partial charge in [0.2, 0.25) is 0 Å². The summed E-state index contributed by atoms with van der Waals surface area (Å²) in [6, 6.07) is 0. The zero-order valence-electron chi connectivity index (χ0n) is 20.8.